The molecule has 0 aliphatic heterocycles. The molecule has 0 aliphatic rings. The van der Waals surface area contributed by atoms with Crippen LogP contribution in [0.3, 0.4) is 0 Å². The van der Waals surface area contributed by atoms with E-state index in [1.54, 1.807) is 0 Å². The molecule has 0 spiro atoms. The first-order chi connectivity index (χ1) is 8.47. The highest BCUT2D eigenvalue weighted by Gasteiger charge is 2.28. The fraction of sp³-hybridized carbons (Fsp3) is 0.417. The molecule has 0 aliphatic carbocycles. The number of rotatable bonds is 5. The van der Waals surface area contributed by atoms with Crippen molar-refractivity contribution in [3.05, 3.63) is 17.4 Å². The van der Waals surface area contributed by atoms with Gasteiger partial charge in [0.05, 0.1) is 32.8 Å². The van der Waals surface area contributed by atoms with Crippen molar-refractivity contribution in [1.29, 1.82) is 0 Å². The van der Waals surface area contributed by atoms with Gasteiger partial charge in [-0.05, 0) is 6.92 Å². The van der Waals surface area contributed by atoms with E-state index in [4.69, 9.17) is 19.3 Å². The molecule has 0 bridgehead atoms. The van der Waals surface area contributed by atoms with Gasteiger partial charge in [0.2, 0.25) is 0 Å². The molecule has 0 amide bonds. The summed E-state index contributed by atoms with van der Waals surface area (Å²) in [4.78, 5) is 11.1. The smallest absolute Gasteiger partial charge is 0.310 e. The van der Waals surface area contributed by atoms with Crippen molar-refractivity contribution >= 4 is 5.97 Å². The maximum Gasteiger partial charge on any atom is 0.310 e. The Morgan fingerprint density at radius 2 is 1.78 bits per heavy atom. The fourth-order valence-corrected chi connectivity index (χ4v) is 1.70. The molecule has 1 atom stereocenters. The van der Waals surface area contributed by atoms with Crippen LogP contribution < -0.4 is 14.2 Å². The van der Waals surface area contributed by atoms with Crippen molar-refractivity contribution in [3.8, 4) is 17.2 Å². The number of carboxylic acid groups (broad SMARTS) is 1. The van der Waals surface area contributed by atoms with Crippen molar-refractivity contribution in [3.63, 3.8) is 0 Å². The zero-order valence-corrected chi connectivity index (χ0v) is 10.6. The zero-order valence-electron chi connectivity index (χ0n) is 10.6. The summed E-state index contributed by atoms with van der Waals surface area (Å²) < 4.78 is 28.8. The SMILES string of the molecule is COc1cc(F)c(OC)c(C(C)C(=O)O)c1OC. The summed E-state index contributed by atoms with van der Waals surface area (Å²) in [6, 6.07) is 1.09. The highest BCUT2D eigenvalue weighted by atomic mass is 19.1. The third-order valence-corrected chi connectivity index (χ3v) is 2.62. The van der Waals surface area contributed by atoms with Gasteiger partial charge in [0.1, 0.15) is 0 Å². The summed E-state index contributed by atoms with van der Waals surface area (Å²) in [7, 11) is 3.97. The van der Waals surface area contributed by atoms with E-state index in [2.05, 4.69) is 0 Å². The number of benzene rings is 1. The molecule has 0 saturated carbocycles. The van der Waals surface area contributed by atoms with Gasteiger partial charge in [-0.25, -0.2) is 4.39 Å². The highest BCUT2D eigenvalue weighted by molar-refractivity contribution is 5.79. The van der Waals surface area contributed by atoms with Gasteiger partial charge in [0.15, 0.2) is 23.1 Å². The predicted octanol–water partition coefficient (Wildman–Crippen LogP) is 2.04. The molecule has 0 heterocycles. The van der Waals surface area contributed by atoms with Gasteiger partial charge >= 0.3 is 5.97 Å². The molecule has 100 valence electrons. The summed E-state index contributed by atoms with van der Waals surface area (Å²) in [5.74, 6) is -2.66. The fourth-order valence-electron chi connectivity index (χ4n) is 1.70. The van der Waals surface area contributed by atoms with Gasteiger partial charge in [0.25, 0.3) is 0 Å². The Morgan fingerprint density at radius 1 is 1.22 bits per heavy atom. The van der Waals surface area contributed by atoms with Crippen LogP contribution in [-0.4, -0.2) is 32.4 Å². The Hall–Kier alpha value is -1.98. The predicted molar refractivity (Wildman–Crippen MR) is 62.1 cm³/mol. The van der Waals surface area contributed by atoms with Crippen molar-refractivity contribution in [2.75, 3.05) is 21.3 Å². The first kappa shape index (κ1) is 14.1. The van der Waals surface area contributed by atoms with E-state index in [9.17, 15) is 9.18 Å². The minimum atomic E-state index is -1.11. The molecule has 1 unspecified atom stereocenters. The van der Waals surface area contributed by atoms with Gasteiger partial charge in [-0.1, -0.05) is 0 Å². The van der Waals surface area contributed by atoms with E-state index in [1.165, 1.54) is 28.3 Å². The van der Waals surface area contributed by atoms with Crippen LogP contribution in [0.5, 0.6) is 17.2 Å². The quantitative estimate of drug-likeness (QED) is 0.875. The molecular weight excluding hydrogens is 243 g/mol. The first-order valence-corrected chi connectivity index (χ1v) is 5.19. The molecule has 1 N–H and O–H groups in total. The highest BCUT2D eigenvalue weighted by Crippen LogP contribution is 2.43. The van der Waals surface area contributed by atoms with E-state index in [-0.39, 0.29) is 22.8 Å². The van der Waals surface area contributed by atoms with Crippen molar-refractivity contribution < 1.29 is 28.5 Å². The van der Waals surface area contributed by atoms with E-state index >= 15 is 0 Å². The molecule has 18 heavy (non-hydrogen) atoms. The lowest BCUT2D eigenvalue weighted by Crippen LogP contribution is -2.12. The lowest BCUT2D eigenvalue weighted by Gasteiger charge is -2.19. The van der Waals surface area contributed by atoms with Gasteiger partial charge in [-0.3, -0.25) is 4.79 Å². The third-order valence-electron chi connectivity index (χ3n) is 2.62. The number of methoxy groups -OCH3 is 3. The molecule has 0 radical (unpaired) electrons. The Labute approximate surface area is 104 Å². The average molecular weight is 258 g/mol. The third kappa shape index (κ3) is 2.32. The van der Waals surface area contributed by atoms with Crippen molar-refractivity contribution in [2.45, 2.75) is 12.8 Å². The normalized spacial score (nSPS) is 11.8. The Bertz CT molecular complexity index is 458. The van der Waals surface area contributed by atoms with Crippen LogP contribution in [0, 0.1) is 5.82 Å². The maximum atomic E-state index is 13.8. The summed E-state index contributed by atoms with van der Waals surface area (Å²) in [5.41, 5.74) is 0.115. The zero-order chi connectivity index (χ0) is 13.9. The molecule has 5 nitrogen and oxygen atoms in total. The number of hydrogen-bond donors (Lipinski definition) is 1. The van der Waals surface area contributed by atoms with Gasteiger partial charge in [0, 0.05) is 6.07 Å². The van der Waals surface area contributed by atoms with E-state index < -0.39 is 17.7 Å². The number of hydrogen-bond acceptors (Lipinski definition) is 4. The molecule has 6 heteroatoms. The second kappa shape index (κ2) is 5.57. The van der Waals surface area contributed by atoms with Crippen LogP contribution in [0.1, 0.15) is 18.4 Å². The summed E-state index contributed by atoms with van der Waals surface area (Å²) in [5, 5.41) is 9.06. The van der Waals surface area contributed by atoms with E-state index in [1.807, 2.05) is 0 Å². The van der Waals surface area contributed by atoms with Gasteiger partial charge in [-0.2, -0.15) is 0 Å². The Kier molecular flexibility index (Phi) is 4.36. The topological polar surface area (TPSA) is 65.0 Å². The number of ether oxygens (including phenoxy) is 3. The summed E-state index contributed by atoms with van der Waals surface area (Å²) >= 11 is 0. The Morgan fingerprint density at radius 3 is 2.17 bits per heavy atom. The molecule has 1 rings (SSSR count). The molecule has 0 aromatic heterocycles. The minimum Gasteiger partial charge on any atom is -0.493 e. The number of aliphatic carboxylic acids is 1. The second-order valence-electron chi connectivity index (χ2n) is 3.60. The monoisotopic (exact) mass is 258 g/mol. The summed E-state index contributed by atoms with van der Waals surface area (Å²) in [6.07, 6.45) is 0. The van der Waals surface area contributed by atoms with Crippen molar-refractivity contribution in [2.24, 2.45) is 0 Å². The van der Waals surface area contributed by atoms with Gasteiger partial charge < -0.3 is 19.3 Å². The minimum absolute atomic E-state index is 0.115. The van der Waals surface area contributed by atoms with E-state index in [0.717, 1.165) is 6.07 Å². The second-order valence-corrected chi connectivity index (χ2v) is 3.60. The number of carbonyl (C=O) groups is 1. The lowest BCUT2D eigenvalue weighted by molar-refractivity contribution is -0.138. The van der Waals surface area contributed by atoms with E-state index in [0.29, 0.717) is 0 Å². The van der Waals surface area contributed by atoms with Crippen LogP contribution in [0.15, 0.2) is 6.07 Å². The molecule has 0 fully saturated rings. The van der Waals surface area contributed by atoms with Crippen molar-refractivity contribution in [1.82, 2.24) is 0 Å². The molecule has 1 aromatic carbocycles. The van der Waals surface area contributed by atoms with Crippen LogP contribution >= 0.6 is 0 Å². The lowest BCUT2D eigenvalue weighted by atomic mass is 9.98. The largest absolute Gasteiger partial charge is 0.493 e. The van der Waals surface area contributed by atoms with Crippen LogP contribution in [-0.2, 0) is 4.79 Å². The standard InChI is InChI=1S/C12H15FO5/c1-6(12(14)15)9-10(17-3)7(13)5-8(16-2)11(9)18-4/h5-6H,1-4H3,(H,14,15). The number of halogens is 1. The van der Waals surface area contributed by atoms with Crippen LogP contribution in [0.25, 0.3) is 0 Å². The molecule has 0 saturated heterocycles. The average Bonchev–Trinajstić information content (AvgIpc) is 2.36. The van der Waals surface area contributed by atoms with Gasteiger partial charge in [-0.15, -0.1) is 0 Å². The van der Waals surface area contributed by atoms with Crippen LogP contribution in [0.4, 0.5) is 4.39 Å². The summed E-state index contributed by atoms with van der Waals surface area (Å²) in [6.45, 7) is 1.42. The molecular formula is C12H15FO5. The number of carboxylic acids is 1. The Balaban J connectivity index is 3.60. The molecule has 1 aromatic rings. The maximum absolute atomic E-state index is 13.8. The first-order valence-electron chi connectivity index (χ1n) is 5.19. The van der Waals surface area contributed by atoms with Crippen LogP contribution in [0.2, 0.25) is 0 Å².